The van der Waals surface area contributed by atoms with Crippen molar-refractivity contribution in [3.05, 3.63) is 10.1 Å². The second-order valence-corrected chi connectivity index (χ2v) is 5.64. The lowest BCUT2D eigenvalue weighted by Crippen LogP contribution is -2.61. The van der Waals surface area contributed by atoms with Crippen molar-refractivity contribution in [2.24, 2.45) is 11.7 Å². The second-order valence-electron chi connectivity index (χ2n) is 5.64. The first-order chi connectivity index (χ1) is 10.2. The number of nitrogens with two attached hydrogens (primary N) is 1. The molecular formula is C12H22N6O4. The van der Waals surface area contributed by atoms with E-state index in [1.807, 2.05) is 13.8 Å². The first-order valence-corrected chi connectivity index (χ1v) is 7.09. The van der Waals surface area contributed by atoms with Gasteiger partial charge >= 0.3 is 0 Å². The van der Waals surface area contributed by atoms with Gasteiger partial charge in [-0.25, -0.2) is 10.1 Å². The van der Waals surface area contributed by atoms with Gasteiger partial charge in [0.05, 0.1) is 6.54 Å². The summed E-state index contributed by atoms with van der Waals surface area (Å²) in [5, 5.41) is 22.7. The van der Waals surface area contributed by atoms with Gasteiger partial charge in [0.2, 0.25) is 11.8 Å². The van der Waals surface area contributed by atoms with Gasteiger partial charge in [-0.15, -0.1) is 0 Å². The first kappa shape index (κ1) is 17.7. The molecule has 1 rings (SSSR count). The minimum atomic E-state index is -0.777. The molecule has 1 aliphatic rings. The number of amides is 2. The molecule has 10 nitrogen and oxygen atoms in total. The van der Waals surface area contributed by atoms with Gasteiger partial charge in [-0.3, -0.25) is 15.0 Å². The third kappa shape index (κ3) is 4.86. The van der Waals surface area contributed by atoms with E-state index >= 15 is 0 Å². The minimum absolute atomic E-state index is 0.0998. The summed E-state index contributed by atoms with van der Waals surface area (Å²) < 4.78 is 0. The Hall–Kier alpha value is -2.39. The third-order valence-corrected chi connectivity index (χ3v) is 3.31. The van der Waals surface area contributed by atoms with Crippen LogP contribution in [0.2, 0.25) is 0 Å². The zero-order valence-corrected chi connectivity index (χ0v) is 12.7. The van der Waals surface area contributed by atoms with Crippen molar-refractivity contribution in [3.63, 3.8) is 0 Å². The topological polar surface area (TPSA) is 154 Å². The van der Waals surface area contributed by atoms with Gasteiger partial charge in [-0.05, 0) is 25.2 Å². The first-order valence-electron chi connectivity index (χ1n) is 7.09. The molecule has 0 spiro atoms. The molecule has 1 fully saturated rings. The van der Waals surface area contributed by atoms with Crippen molar-refractivity contribution in [1.29, 1.82) is 5.41 Å². The molecule has 1 heterocycles. The van der Waals surface area contributed by atoms with Crippen LogP contribution in [0.4, 0.5) is 0 Å². The standard InChI is InChI=1S/C12H22N6O4/c1-7(2)6-9-11(20)15-8(10(19)16-9)4-3-5-17(12(13)14)18(21)22/h7-9H,3-6H2,1-2H3,(H3,13,14)(H,15,20)(H,16,19)/t8-,9-/m0/s1. The van der Waals surface area contributed by atoms with Gasteiger partial charge in [-0.1, -0.05) is 18.9 Å². The van der Waals surface area contributed by atoms with E-state index in [0.717, 1.165) is 0 Å². The van der Waals surface area contributed by atoms with Crippen LogP contribution < -0.4 is 16.4 Å². The number of guanidine groups is 1. The number of piperazine rings is 1. The SMILES string of the molecule is CC(C)C[C@@H]1NC(=O)[C@H](CCCN(C(=N)N)[N+](=O)[O-])NC1=O. The normalized spacial score (nSPS) is 21.2. The Morgan fingerprint density at radius 1 is 1.36 bits per heavy atom. The lowest BCUT2D eigenvalue weighted by molar-refractivity contribution is -0.629. The van der Waals surface area contributed by atoms with Crippen LogP contribution in [0.15, 0.2) is 0 Å². The predicted octanol–water partition coefficient (Wildman–Crippen LogP) is -0.817. The molecule has 0 aliphatic carbocycles. The summed E-state index contributed by atoms with van der Waals surface area (Å²) in [6.07, 6.45) is 1.04. The molecule has 0 aromatic rings. The van der Waals surface area contributed by atoms with Gasteiger partial charge in [-0.2, -0.15) is 0 Å². The zero-order chi connectivity index (χ0) is 16.9. The van der Waals surface area contributed by atoms with E-state index in [1.54, 1.807) is 0 Å². The Balaban J connectivity index is 2.48. The van der Waals surface area contributed by atoms with Crippen LogP contribution in [0.25, 0.3) is 0 Å². The van der Waals surface area contributed by atoms with Crippen LogP contribution in [-0.4, -0.2) is 46.4 Å². The molecule has 0 aromatic carbocycles. The lowest BCUT2D eigenvalue weighted by Gasteiger charge is -2.30. The zero-order valence-electron chi connectivity index (χ0n) is 12.7. The van der Waals surface area contributed by atoms with E-state index in [2.05, 4.69) is 10.6 Å². The molecule has 1 aliphatic heterocycles. The third-order valence-electron chi connectivity index (χ3n) is 3.31. The maximum absolute atomic E-state index is 11.9. The number of nitrogens with zero attached hydrogens (tertiary/aromatic N) is 2. The quantitative estimate of drug-likeness (QED) is 0.208. The molecule has 5 N–H and O–H groups in total. The number of rotatable bonds is 7. The van der Waals surface area contributed by atoms with Crippen molar-refractivity contribution < 1.29 is 14.6 Å². The summed E-state index contributed by atoms with van der Waals surface area (Å²) in [5.41, 5.74) is 5.09. The molecule has 2 amide bonds. The number of hydrazine groups is 1. The number of hydrogen-bond acceptors (Lipinski definition) is 5. The number of carbonyl (C=O) groups is 2. The summed E-state index contributed by atoms with van der Waals surface area (Å²) >= 11 is 0. The smallest absolute Gasteiger partial charge is 0.251 e. The predicted molar refractivity (Wildman–Crippen MR) is 78.2 cm³/mol. The van der Waals surface area contributed by atoms with Gasteiger partial charge in [0.15, 0.2) is 5.03 Å². The van der Waals surface area contributed by atoms with E-state index in [0.29, 0.717) is 11.4 Å². The average molecular weight is 314 g/mol. The Labute approximate surface area is 128 Å². The van der Waals surface area contributed by atoms with Crippen LogP contribution in [0.3, 0.4) is 0 Å². The summed E-state index contributed by atoms with van der Waals surface area (Å²) in [5.74, 6) is -0.923. The molecule has 22 heavy (non-hydrogen) atoms. The number of carbonyl (C=O) groups excluding carboxylic acids is 2. The Bertz CT molecular complexity index is 453. The van der Waals surface area contributed by atoms with Gasteiger partial charge < -0.3 is 16.4 Å². The Morgan fingerprint density at radius 3 is 2.41 bits per heavy atom. The van der Waals surface area contributed by atoms with Crippen LogP contribution in [0.5, 0.6) is 0 Å². The minimum Gasteiger partial charge on any atom is -0.365 e. The maximum atomic E-state index is 11.9. The fraction of sp³-hybridized carbons (Fsp3) is 0.750. The summed E-state index contributed by atoms with van der Waals surface area (Å²) in [6.45, 7) is 3.82. The van der Waals surface area contributed by atoms with E-state index in [-0.39, 0.29) is 37.1 Å². The fourth-order valence-corrected chi connectivity index (χ4v) is 2.25. The molecule has 2 atom stereocenters. The lowest BCUT2D eigenvalue weighted by atomic mass is 9.99. The molecule has 10 heteroatoms. The van der Waals surface area contributed by atoms with E-state index in [9.17, 15) is 19.7 Å². The molecule has 1 saturated heterocycles. The molecule has 0 aromatic heterocycles. The van der Waals surface area contributed by atoms with Crippen molar-refractivity contribution >= 4 is 17.8 Å². The van der Waals surface area contributed by atoms with E-state index < -0.39 is 23.1 Å². The van der Waals surface area contributed by atoms with Crippen molar-refractivity contribution in [2.75, 3.05) is 6.54 Å². The van der Waals surface area contributed by atoms with Gasteiger partial charge in [0, 0.05) is 0 Å². The molecule has 0 saturated carbocycles. The molecule has 0 bridgehead atoms. The molecule has 0 radical (unpaired) electrons. The molecule has 0 unspecified atom stereocenters. The fourth-order valence-electron chi connectivity index (χ4n) is 2.25. The molecule has 124 valence electrons. The van der Waals surface area contributed by atoms with Crippen LogP contribution in [0.1, 0.15) is 33.1 Å². The molecular weight excluding hydrogens is 292 g/mol. The summed E-state index contributed by atoms with van der Waals surface area (Å²) in [7, 11) is 0. The van der Waals surface area contributed by atoms with Crippen molar-refractivity contribution in [1.82, 2.24) is 15.6 Å². The number of hydrogen-bond donors (Lipinski definition) is 4. The van der Waals surface area contributed by atoms with Crippen LogP contribution in [0, 0.1) is 21.4 Å². The highest BCUT2D eigenvalue weighted by Crippen LogP contribution is 2.11. The van der Waals surface area contributed by atoms with Crippen molar-refractivity contribution in [2.45, 2.75) is 45.2 Å². The average Bonchev–Trinajstić information content (AvgIpc) is 2.38. The highest BCUT2D eigenvalue weighted by Gasteiger charge is 2.33. The number of nitro groups is 1. The monoisotopic (exact) mass is 314 g/mol. The van der Waals surface area contributed by atoms with Crippen LogP contribution in [-0.2, 0) is 9.59 Å². The Morgan fingerprint density at radius 2 is 1.91 bits per heavy atom. The largest absolute Gasteiger partial charge is 0.365 e. The van der Waals surface area contributed by atoms with Crippen LogP contribution >= 0.6 is 0 Å². The van der Waals surface area contributed by atoms with Gasteiger partial charge in [0.25, 0.3) is 5.96 Å². The summed E-state index contributed by atoms with van der Waals surface area (Å²) in [6, 6.07) is -1.24. The van der Waals surface area contributed by atoms with Crippen molar-refractivity contribution in [3.8, 4) is 0 Å². The Kier molecular flexibility index (Phi) is 6.08. The highest BCUT2D eigenvalue weighted by atomic mass is 16.7. The number of nitrogens with one attached hydrogen (secondary N) is 3. The maximum Gasteiger partial charge on any atom is 0.251 e. The van der Waals surface area contributed by atoms with E-state index in [4.69, 9.17) is 11.1 Å². The van der Waals surface area contributed by atoms with E-state index in [1.165, 1.54) is 0 Å². The summed E-state index contributed by atoms with van der Waals surface area (Å²) in [4.78, 5) is 34.5. The highest BCUT2D eigenvalue weighted by molar-refractivity contribution is 5.96. The second kappa shape index (κ2) is 7.57. The van der Waals surface area contributed by atoms with Gasteiger partial charge in [0.1, 0.15) is 12.1 Å².